The summed E-state index contributed by atoms with van der Waals surface area (Å²) in [7, 11) is 0. The molecule has 0 aliphatic carbocycles. The first-order valence-corrected chi connectivity index (χ1v) is 9.20. The van der Waals surface area contributed by atoms with E-state index >= 15 is 0 Å². The van der Waals surface area contributed by atoms with Crippen molar-refractivity contribution in [1.29, 1.82) is 0 Å². The maximum atomic E-state index is 13.0. The normalized spacial score (nSPS) is 12.3. The Kier molecular flexibility index (Phi) is 5.66. The first-order chi connectivity index (χ1) is 12.6. The number of aromatic nitrogens is 3. The Morgan fingerprint density at radius 3 is 2.65 bits per heavy atom. The minimum Gasteiger partial charge on any atom is -0.336 e. The summed E-state index contributed by atoms with van der Waals surface area (Å²) in [5, 5.41) is 0. The Bertz CT molecular complexity index is 872. The second-order valence-electron chi connectivity index (χ2n) is 6.68. The van der Waals surface area contributed by atoms with E-state index in [0.29, 0.717) is 19.5 Å². The minimum absolute atomic E-state index is 0.174. The second kappa shape index (κ2) is 8.13. The molecule has 2 aromatic heterocycles. The molecule has 1 atom stereocenters. The van der Waals surface area contributed by atoms with E-state index in [4.69, 9.17) is 0 Å². The summed E-state index contributed by atoms with van der Waals surface area (Å²) < 4.78 is 2.13. The van der Waals surface area contributed by atoms with Gasteiger partial charge in [0.15, 0.2) is 0 Å². The van der Waals surface area contributed by atoms with Crippen molar-refractivity contribution in [3.05, 3.63) is 60.2 Å². The summed E-state index contributed by atoms with van der Waals surface area (Å²) in [6.07, 6.45) is 4.95. The van der Waals surface area contributed by atoms with E-state index in [9.17, 15) is 4.79 Å². The van der Waals surface area contributed by atoms with Crippen molar-refractivity contribution in [2.75, 3.05) is 0 Å². The molecule has 5 nitrogen and oxygen atoms in total. The maximum absolute atomic E-state index is 13.0. The Labute approximate surface area is 154 Å². The van der Waals surface area contributed by atoms with Crippen LogP contribution in [0.4, 0.5) is 0 Å². The van der Waals surface area contributed by atoms with Gasteiger partial charge in [0, 0.05) is 37.9 Å². The van der Waals surface area contributed by atoms with Gasteiger partial charge in [-0.1, -0.05) is 19.1 Å². The van der Waals surface area contributed by atoms with Gasteiger partial charge in [-0.05, 0) is 50.1 Å². The molecule has 1 aromatic carbocycles. The molecule has 0 bridgehead atoms. The zero-order chi connectivity index (χ0) is 18.5. The number of imidazole rings is 1. The monoisotopic (exact) mass is 350 g/mol. The molecule has 3 aromatic rings. The minimum atomic E-state index is 0.174. The van der Waals surface area contributed by atoms with Crippen LogP contribution in [0.2, 0.25) is 0 Å². The van der Waals surface area contributed by atoms with Gasteiger partial charge in [-0.2, -0.15) is 0 Å². The SMILES string of the molecule is CC[C@H](C)N(Cc1ccncc1)C(=O)CCn1c(C)nc2ccccc21. The molecule has 0 saturated heterocycles. The molecule has 2 heterocycles. The van der Waals surface area contributed by atoms with Crippen molar-refractivity contribution < 1.29 is 4.79 Å². The third-order valence-corrected chi connectivity index (χ3v) is 4.94. The Morgan fingerprint density at radius 1 is 1.19 bits per heavy atom. The van der Waals surface area contributed by atoms with Gasteiger partial charge in [0.1, 0.15) is 5.82 Å². The largest absolute Gasteiger partial charge is 0.336 e. The lowest BCUT2D eigenvalue weighted by atomic mass is 10.1. The number of carbonyl (C=O) groups is 1. The average Bonchev–Trinajstić information content (AvgIpc) is 2.99. The number of fused-ring (bicyclic) bond motifs is 1. The lowest BCUT2D eigenvalue weighted by molar-refractivity contribution is -0.134. The first-order valence-electron chi connectivity index (χ1n) is 9.20. The summed E-state index contributed by atoms with van der Waals surface area (Å²) in [6.45, 7) is 7.49. The fraction of sp³-hybridized carbons (Fsp3) is 0.381. The average molecular weight is 350 g/mol. The third-order valence-electron chi connectivity index (χ3n) is 4.94. The number of benzene rings is 1. The van der Waals surface area contributed by atoms with Crippen LogP contribution in [-0.2, 0) is 17.9 Å². The number of rotatable bonds is 7. The summed E-state index contributed by atoms with van der Waals surface area (Å²) >= 11 is 0. The topological polar surface area (TPSA) is 51.0 Å². The van der Waals surface area contributed by atoms with E-state index in [1.165, 1.54) is 0 Å². The second-order valence-corrected chi connectivity index (χ2v) is 6.68. The van der Waals surface area contributed by atoms with E-state index < -0.39 is 0 Å². The molecule has 1 amide bonds. The maximum Gasteiger partial charge on any atom is 0.224 e. The number of hydrogen-bond donors (Lipinski definition) is 0. The lowest BCUT2D eigenvalue weighted by Gasteiger charge is -2.29. The zero-order valence-corrected chi connectivity index (χ0v) is 15.7. The van der Waals surface area contributed by atoms with Crippen molar-refractivity contribution in [2.24, 2.45) is 0 Å². The van der Waals surface area contributed by atoms with E-state index in [0.717, 1.165) is 28.8 Å². The number of hydrogen-bond acceptors (Lipinski definition) is 3. The smallest absolute Gasteiger partial charge is 0.224 e. The van der Waals surface area contributed by atoms with E-state index in [2.05, 4.69) is 34.4 Å². The Balaban J connectivity index is 1.74. The summed E-state index contributed by atoms with van der Waals surface area (Å²) in [6, 6.07) is 12.2. The van der Waals surface area contributed by atoms with Crippen molar-refractivity contribution in [2.45, 2.75) is 52.7 Å². The summed E-state index contributed by atoms with van der Waals surface area (Å²) in [5.74, 6) is 1.12. The lowest BCUT2D eigenvalue weighted by Crippen LogP contribution is -2.38. The first kappa shape index (κ1) is 18.1. The molecule has 0 N–H and O–H groups in total. The number of carbonyl (C=O) groups excluding carboxylic acids is 1. The molecular weight excluding hydrogens is 324 g/mol. The van der Waals surface area contributed by atoms with Crippen molar-refractivity contribution in [1.82, 2.24) is 19.4 Å². The fourth-order valence-electron chi connectivity index (χ4n) is 3.22. The third kappa shape index (κ3) is 3.93. The van der Waals surface area contributed by atoms with E-state index in [1.807, 2.05) is 42.2 Å². The molecule has 26 heavy (non-hydrogen) atoms. The molecule has 0 aliphatic rings. The standard InChI is InChI=1S/C21H26N4O/c1-4-16(2)25(15-18-9-12-22-13-10-18)21(26)11-14-24-17(3)23-19-7-5-6-8-20(19)24/h5-10,12-13,16H,4,11,14-15H2,1-3H3/t16-/m0/s1. The molecule has 0 unspecified atom stereocenters. The van der Waals surface area contributed by atoms with Gasteiger partial charge in [-0.25, -0.2) is 4.98 Å². The number of aryl methyl sites for hydroxylation is 2. The van der Waals surface area contributed by atoms with Crippen LogP contribution < -0.4 is 0 Å². The number of nitrogens with zero attached hydrogens (tertiary/aromatic N) is 4. The summed E-state index contributed by atoms with van der Waals surface area (Å²) in [5.41, 5.74) is 3.17. The zero-order valence-electron chi connectivity index (χ0n) is 15.7. The Hall–Kier alpha value is -2.69. The van der Waals surface area contributed by atoms with Crippen molar-refractivity contribution in [3.8, 4) is 0 Å². The summed E-state index contributed by atoms with van der Waals surface area (Å²) in [4.78, 5) is 23.6. The molecule has 0 spiro atoms. The van der Waals surface area contributed by atoms with Gasteiger partial charge in [0.05, 0.1) is 11.0 Å². The van der Waals surface area contributed by atoms with Gasteiger partial charge in [-0.3, -0.25) is 9.78 Å². The highest BCUT2D eigenvalue weighted by Crippen LogP contribution is 2.17. The molecule has 0 aliphatic heterocycles. The highest BCUT2D eigenvalue weighted by molar-refractivity contribution is 5.78. The van der Waals surface area contributed by atoms with Crippen LogP contribution in [-0.4, -0.2) is 31.4 Å². The van der Waals surface area contributed by atoms with Crippen molar-refractivity contribution in [3.63, 3.8) is 0 Å². The Morgan fingerprint density at radius 2 is 1.92 bits per heavy atom. The molecule has 0 fully saturated rings. The van der Waals surface area contributed by atoms with Gasteiger partial charge in [-0.15, -0.1) is 0 Å². The predicted octanol–water partition coefficient (Wildman–Crippen LogP) is 3.96. The van der Waals surface area contributed by atoms with Gasteiger partial charge in [0.2, 0.25) is 5.91 Å². The van der Waals surface area contributed by atoms with Crippen LogP contribution in [0.15, 0.2) is 48.8 Å². The molecule has 136 valence electrons. The highest BCUT2D eigenvalue weighted by atomic mass is 16.2. The predicted molar refractivity (Wildman–Crippen MR) is 104 cm³/mol. The highest BCUT2D eigenvalue weighted by Gasteiger charge is 2.19. The van der Waals surface area contributed by atoms with Gasteiger partial charge in [0.25, 0.3) is 0 Å². The fourth-order valence-corrected chi connectivity index (χ4v) is 3.22. The van der Waals surface area contributed by atoms with Crippen LogP contribution in [0.5, 0.6) is 0 Å². The van der Waals surface area contributed by atoms with Gasteiger partial charge >= 0.3 is 0 Å². The van der Waals surface area contributed by atoms with E-state index in [1.54, 1.807) is 12.4 Å². The van der Waals surface area contributed by atoms with Crippen LogP contribution in [0, 0.1) is 6.92 Å². The molecule has 3 rings (SSSR count). The molecule has 0 radical (unpaired) electrons. The number of amides is 1. The van der Waals surface area contributed by atoms with Crippen LogP contribution in [0.3, 0.4) is 0 Å². The molecular formula is C21H26N4O. The van der Waals surface area contributed by atoms with Crippen LogP contribution in [0.1, 0.15) is 38.1 Å². The quantitative estimate of drug-likeness (QED) is 0.648. The van der Waals surface area contributed by atoms with Gasteiger partial charge < -0.3 is 9.47 Å². The van der Waals surface area contributed by atoms with Crippen LogP contribution >= 0.6 is 0 Å². The van der Waals surface area contributed by atoms with Crippen LogP contribution in [0.25, 0.3) is 11.0 Å². The van der Waals surface area contributed by atoms with Crippen molar-refractivity contribution >= 4 is 16.9 Å². The van der Waals surface area contributed by atoms with E-state index in [-0.39, 0.29) is 11.9 Å². The molecule has 0 saturated carbocycles. The number of para-hydroxylation sites is 2. The molecule has 5 heteroatoms. The number of pyridine rings is 1.